The first-order valence-corrected chi connectivity index (χ1v) is 13.4. The monoisotopic (exact) mass is 477 g/mol. The maximum absolute atomic E-state index is 12.8. The molecule has 0 unspecified atom stereocenters. The second-order valence-corrected chi connectivity index (χ2v) is 11.8. The molecule has 11 heteroatoms. The number of hydrogen-bond donors (Lipinski definition) is 1. The molecule has 3 aliphatic rings. The van der Waals surface area contributed by atoms with E-state index >= 15 is 0 Å². The number of morpholine rings is 1. The first-order chi connectivity index (χ1) is 15.4. The van der Waals surface area contributed by atoms with Crippen LogP contribution in [-0.2, 0) is 19.6 Å². The van der Waals surface area contributed by atoms with Gasteiger partial charge in [0, 0.05) is 30.7 Å². The molecule has 0 radical (unpaired) electrons. The molecular weight excluding hydrogens is 450 g/mol. The Hall–Kier alpha value is -1.95. The predicted molar refractivity (Wildman–Crippen MR) is 120 cm³/mol. The number of rotatable bonds is 8. The molecule has 1 aliphatic heterocycles. The van der Waals surface area contributed by atoms with Crippen molar-refractivity contribution in [3.05, 3.63) is 30.1 Å². The maximum atomic E-state index is 12.8. The van der Waals surface area contributed by atoms with E-state index in [1.54, 1.807) is 12.1 Å². The number of benzene rings is 1. The number of thioether (sulfide) groups is 1. The van der Waals surface area contributed by atoms with Crippen molar-refractivity contribution in [3.63, 3.8) is 0 Å². The molecule has 5 rings (SSSR count). The van der Waals surface area contributed by atoms with Gasteiger partial charge in [0.2, 0.25) is 15.9 Å². The molecule has 1 aromatic heterocycles. The molecule has 0 spiro atoms. The molecule has 9 nitrogen and oxygen atoms in total. The van der Waals surface area contributed by atoms with Crippen LogP contribution in [0.3, 0.4) is 0 Å². The minimum atomic E-state index is -3.55. The van der Waals surface area contributed by atoms with Crippen LogP contribution in [0.25, 0.3) is 0 Å². The van der Waals surface area contributed by atoms with E-state index in [1.807, 2.05) is 6.92 Å². The Morgan fingerprint density at radius 1 is 1.12 bits per heavy atom. The lowest BCUT2D eigenvalue weighted by atomic mass is 10.3. The van der Waals surface area contributed by atoms with Gasteiger partial charge >= 0.3 is 0 Å². The molecule has 1 N–H and O–H groups in total. The minimum Gasteiger partial charge on any atom is -0.379 e. The van der Waals surface area contributed by atoms with Crippen molar-refractivity contribution in [2.45, 2.75) is 59.9 Å². The summed E-state index contributed by atoms with van der Waals surface area (Å²) in [5, 5.41) is 12.1. The zero-order valence-corrected chi connectivity index (χ0v) is 19.6. The first kappa shape index (κ1) is 21.9. The zero-order chi connectivity index (χ0) is 22.3. The third kappa shape index (κ3) is 4.57. The lowest BCUT2D eigenvalue weighted by molar-refractivity contribution is -0.115. The van der Waals surface area contributed by atoms with Crippen molar-refractivity contribution >= 4 is 33.4 Å². The number of hydrogen-bond acceptors (Lipinski definition) is 7. The summed E-state index contributed by atoms with van der Waals surface area (Å²) in [6.45, 7) is 3.35. The fourth-order valence-corrected chi connectivity index (χ4v) is 6.10. The van der Waals surface area contributed by atoms with Gasteiger partial charge in [0.1, 0.15) is 5.82 Å². The van der Waals surface area contributed by atoms with Crippen molar-refractivity contribution in [2.75, 3.05) is 31.6 Å². The van der Waals surface area contributed by atoms with Gasteiger partial charge in [0.25, 0.3) is 0 Å². The molecule has 1 amide bonds. The predicted octanol–water partition coefficient (Wildman–Crippen LogP) is 2.63. The molecule has 2 saturated carbocycles. The third-order valence-corrected chi connectivity index (χ3v) is 8.90. The Morgan fingerprint density at radius 2 is 1.81 bits per heavy atom. The lowest BCUT2D eigenvalue weighted by Gasteiger charge is -2.26. The van der Waals surface area contributed by atoms with Crippen LogP contribution in [0.5, 0.6) is 0 Å². The van der Waals surface area contributed by atoms with E-state index in [0.717, 1.165) is 23.8 Å². The van der Waals surface area contributed by atoms with Crippen LogP contribution >= 0.6 is 11.8 Å². The molecule has 3 fully saturated rings. The van der Waals surface area contributed by atoms with Gasteiger partial charge in [-0.25, -0.2) is 8.42 Å². The lowest BCUT2D eigenvalue weighted by Crippen LogP contribution is -2.40. The van der Waals surface area contributed by atoms with Gasteiger partial charge in [-0.05, 0) is 56.9 Å². The molecule has 32 heavy (non-hydrogen) atoms. The molecule has 2 aromatic rings. The summed E-state index contributed by atoms with van der Waals surface area (Å²) in [7, 11) is -3.55. The number of carbonyl (C=O) groups is 1. The van der Waals surface area contributed by atoms with Gasteiger partial charge in [-0.3, -0.25) is 4.79 Å². The van der Waals surface area contributed by atoms with Crippen LogP contribution in [0.2, 0.25) is 0 Å². The van der Waals surface area contributed by atoms with Crippen LogP contribution < -0.4 is 5.32 Å². The van der Waals surface area contributed by atoms with Gasteiger partial charge in [-0.15, -0.1) is 10.2 Å². The molecule has 1 atom stereocenters. The summed E-state index contributed by atoms with van der Waals surface area (Å²) in [5.41, 5.74) is 0.561. The van der Waals surface area contributed by atoms with E-state index in [1.165, 1.54) is 41.0 Å². The number of nitrogens with one attached hydrogen (secondary N) is 1. The average Bonchev–Trinajstić information content (AvgIpc) is 3.74. The number of aromatic nitrogens is 3. The molecule has 0 bridgehead atoms. The standard InChI is InChI=1S/C21H27N5O4S2/c1-14(31-21-24-23-19(15-2-3-15)26(21)17-6-7-17)20(27)22-16-4-8-18(9-5-16)32(28,29)25-10-12-30-13-11-25/h4-5,8-9,14-15,17H,2-3,6-7,10-13H2,1H3,(H,22,27)/t14-/m1/s1. The number of ether oxygens (including phenoxy) is 1. The Labute approximate surface area is 192 Å². The maximum Gasteiger partial charge on any atom is 0.243 e. The molecule has 1 aromatic carbocycles. The van der Waals surface area contributed by atoms with Gasteiger partial charge in [-0.2, -0.15) is 4.31 Å². The van der Waals surface area contributed by atoms with Crippen molar-refractivity contribution < 1.29 is 17.9 Å². The summed E-state index contributed by atoms with van der Waals surface area (Å²) in [6, 6.07) is 6.79. The second kappa shape index (κ2) is 8.77. The smallest absolute Gasteiger partial charge is 0.243 e. The van der Waals surface area contributed by atoms with Gasteiger partial charge < -0.3 is 14.6 Å². The van der Waals surface area contributed by atoms with Crippen molar-refractivity contribution in [2.24, 2.45) is 0 Å². The average molecular weight is 478 g/mol. The van der Waals surface area contributed by atoms with E-state index in [-0.39, 0.29) is 16.1 Å². The Morgan fingerprint density at radius 3 is 2.44 bits per heavy atom. The number of amides is 1. The van der Waals surface area contributed by atoms with Crippen LogP contribution in [-0.4, -0.2) is 64.9 Å². The van der Waals surface area contributed by atoms with E-state index in [2.05, 4.69) is 20.1 Å². The van der Waals surface area contributed by atoms with Gasteiger partial charge in [-0.1, -0.05) is 11.8 Å². The summed E-state index contributed by atoms with van der Waals surface area (Å²) in [5.74, 6) is 1.44. The SMILES string of the molecule is C[C@@H](Sc1nnc(C2CC2)n1C1CC1)C(=O)Nc1ccc(S(=O)(=O)N2CCOCC2)cc1. The highest BCUT2D eigenvalue weighted by Gasteiger charge is 2.37. The largest absolute Gasteiger partial charge is 0.379 e. The number of sulfonamides is 1. The minimum absolute atomic E-state index is 0.155. The van der Waals surface area contributed by atoms with Crippen LogP contribution in [0.1, 0.15) is 50.4 Å². The summed E-state index contributed by atoms with van der Waals surface area (Å²) >= 11 is 1.42. The first-order valence-electron chi connectivity index (χ1n) is 11.0. The fourth-order valence-electron chi connectivity index (χ4n) is 3.77. The Kier molecular flexibility index (Phi) is 5.99. The molecule has 2 heterocycles. The van der Waals surface area contributed by atoms with E-state index in [4.69, 9.17) is 4.74 Å². The summed E-state index contributed by atoms with van der Waals surface area (Å²) < 4.78 is 34.4. The highest BCUT2D eigenvalue weighted by atomic mass is 32.2. The number of anilines is 1. The zero-order valence-electron chi connectivity index (χ0n) is 17.9. The van der Waals surface area contributed by atoms with Gasteiger partial charge in [0.15, 0.2) is 5.16 Å². The van der Waals surface area contributed by atoms with Crippen molar-refractivity contribution in [1.82, 2.24) is 19.1 Å². The number of nitrogens with zero attached hydrogens (tertiary/aromatic N) is 4. The highest BCUT2D eigenvalue weighted by molar-refractivity contribution is 8.00. The molecule has 2 aliphatic carbocycles. The topological polar surface area (TPSA) is 106 Å². The Bertz CT molecular complexity index is 1090. The van der Waals surface area contributed by atoms with E-state index in [0.29, 0.717) is 44.0 Å². The van der Waals surface area contributed by atoms with Crippen LogP contribution in [0.4, 0.5) is 5.69 Å². The molecule has 1 saturated heterocycles. The van der Waals surface area contributed by atoms with Crippen LogP contribution in [0, 0.1) is 0 Å². The third-order valence-electron chi connectivity index (χ3n) is 5.93. The molecule has 172 valence electrons. The van der Waals surface area contributed by atoms with Crippen LogP contribution in [0.15, 0.2) is 34.3 Å². The summed E-state index contributed by atoms with van der Waals surface area (Å²) in [4.78, 5) is 13.0. The number of carbonyl (C=O) groups excluding carboxylic acids is 1. The molecular formula is C21H27N5O4S2. The quantitative estimate of drug-likeness (QED) is 0.583. The van der Waals surface area contributed by atoms with Gasteiger partial charge in [0.05, 0.1) is 23.4 Å². The highest BCUT2D eigenvalue weighted by Crippen LogP contribution is 2.46. The van der Waals surface area contributed by atoms with E-state index in [9.17, 15) is 13.2 Å². The fraction of sp³-hybridized carbons (Fsp3) is 0.571. The van der Waals surface area contributed by atoms with E-state index < -0.39 is 10.0 Å². The van der Waals surface area contributed by atoms with Crippen molar-refractivity contribution in [1.29, 1.82) is 0 Å². The Balaban J connectivity index is 1.22. The summed E-state index contributed by atoms with van der Waals surface area (Å²) in [6.07, 6.45) is 4.63. The normalized spacial score (nSPS) is 20.8. The second-order valence-electron chi connectivity index (χ2n) is 8.51. The van der Waals surface area contributed by atoms with Crippen molar-refractivity contribution in [3.8, 4) is 0 Å².